The molecule has 20 heavy (non-hydrogen) atoms. The number of hydrogen-bond acceptors (Lipinski definition) is 5. The number of nitrogen functional groups attached to an aromatic ring is 1. The number of anilines is 1. The Morgan fingerprint density at radius 3 is 3.00 bits per heavy atom. The Bertz CT molecular complexity index is 519. The Hall–Kier alpha value is -1.53. The SMILES string of the molecule is CNC(=O)c1cnc(N)c(OC2CNCC23CC3)c1.Cl. The van der Waals surface area contributed by atoms with Gasteiger partial charge in [-0.3, -0.25) is 4.79 Å². The Kier molecular flexibility index (Phi) is 4.06. The summed E-state index contributed by atoms with van der Waals surface area (Å²) >= 11 is 0. The van der Waals surface area contributed by atoms with Gasteiger partial charge in [0.1, 0.15) is 6.10 Å². The molecule has 3 rings (SSSR count). The number of pyridine rings is 1. The average molecular weight is 299 g/mol. The minimum Gasteiger partial charge on any atom is -0.485 e. The molecule has 1 aromatic heterocycles. The van der Waals surface area contributed by atoms with Gasteiger partial charge in [0.25, 0.3) is 5.91 Å². The molecule has 1 spiro atoms. The number of carbonyl (C=O) groups is 1. The largest absolute Gasteiger partial charge is 0.485 e. The molecule has 7 heteroatoms. The fourth-order valence-corrected chi connectivity index (χ4v) is 2.58. The number of amides is 1. The van der Waals surface area contributed by atoms with E-state index in [0.717, 1.165) is 13.1 Å². The summed E-state index contributed by atoms with van der Waals surface area (Å²) in [6.07, 6.45) is 3.96. The number of aromatic nitrogens is 1. The summed E-state index contributed by atoms with van der Waals surface area (Å²) in [5, 5.41) is 5.91. The van der Waals surface area contributed by atoms with E-state index in [-0.39, 0.29) is 29.8 Å². The fraction of sp³-hybridized carbons (Fsp3) is 0.538. The summed E-state index contributed by atoms with van der Waals surface area (Å²) in [5.41, 5.74) is 6.56. The van der Waals surface area contributed by atoms with Gasteiger partial charge in [-0.15, -0.1) is 12.4 Å². The van der Waals surface area contributed by atoms with Crippen LogP contribution < -0.4 is 21.1 Å². The predicted molar refractivity (Wildman–Crippen MR) is 78.2 cm³/mol. The van der Waals surface area contributed by atoms with Gasteiger partial charge >= 0.3 is 0 Å². The number of halogens is 1. The first-order chi connectivity index (χ1) is 9.14. The molecule has 4 N–H and O–H groups in total. The lowest BCUT2D eigenvalue weighted by atomic mass is 10.0. The molecule has 1 aromatic rings. The van der Waals surface area contributed by atoms with Crippen molar-refractivity contribution in [3.63, 3.8) is 0 Å². The molecule has 1 atom stereocenters. The molecule has 0 radical (unpaired) electrons. The lowest BCUT2D eigenvalue weighted by molar-refractivity contribution is 0.0961. The van der Waals surface area contributed by atoms with E-state index in [9.17, 15) is 4.79 Å². The lowest BCUT2D eigenvalue weighted by Crippen LogP contribution is -2.28. The second kappa shape index (κ2) is 5.46. The highest BCUT2D eigenvalue weighted by molar-refractivity contribution is 5.94. The highest BCUT2D eigenvalue weighted by Gasteiger charge is 2.54. The van der Waals surface area contributed by atoms with Gasteiger partial charge in [0.15, 0.2) is 11.6 Å². The highest BCUT2D eigenvalue weighted by Crippen LogP contribution is 2.51. The molecule has 6 nitrogen and oxygen atoms in total. The minimum absolute atomic E-state index is 0. The third kappa shape index (κ3) is 2.53. The van der Waals surface area contributed by atoms with Crippen molar-refractivity contribution in [3.8, 4) is 5.75 Å². The monoisotopic (exact) mass is 298 g/mol. The van der Waals surface area contributed by atoms with Crippen LogP contribution in [0.4, 0.5) is 5.82 Å². The third-order valence-electron chi connectivity index (χ3n) is 4.02. The van der Waals surface area contributed by atoms with Crippen LogP contribution in [0.2, 0.25) is 0 Å². The zero-order chi connectivity index (χ0) is 13.5. The van der Waals surface area contributed by atoms with Crippen LogP contribution in [0.5, 0.6) is 5.75 Å². The maximum absolute atomic E-state index is 11.6. The molecule has 1 saturated heterocycles. The molecular formula is C13H19ClN4O2. The lowest BCUT2D eigenvalue weighted by Gasteiger charge is -2.20. The van der Waals surface area contributed by atoms with Crippen molar-refractivity contribution in [2.24, 2.45) is 5.41 Å². The van der Waals surface area contributed by atoms with E-state index in [4.69, 9.17) is 10.5 Å². The number of nitrogens with two attached hydrogens (primary N) is 1. The van der Waals surface area contributed by atoms with Crippen molar-refractivity contribution in [2.45, 2.75) is 18.9 Å². The van der Waals surface area contributed by atoms with E-state index >= 15 is 0 Å². The van der Waals surface area contributed by atoms with Gasteiger partial charge in [0.2, 0.25) is 0 Å². The third-order valence-corrected chi connectivity index (χ3v) is 4.02. The van der Waals surface area contributed by atoms with Crippen LogP contribution in [0.15, 0.2) is 12.3 Å². The first kappa shape index (κ1) is 14.9. The van der Waals surface area contributed by atoms with Crippen LogP contribution in [-0.4, -0.2) is 37.1 Å². The number of rotatable bonds is 3. The molecule has 1 saturated carbocycles. The number of ether oxygens (including phenoxy) is 1. The molecule has 1 amide bonds. The van der Waals surface area contributed by atoms with Crippen molar-refractivity contribution in [1.29, 1.82) is 0 Å². The van der Waals surface area contributed by atoms with Gasteiger partial charge in [0.05, 0.1) is 5.56 Å². The van der Waals surface area contributed by atoms with Crippen molar-refractivity contribution in [2.75, 3.05) is 25.9 Å². The van der Waals surface area contributed by atoms with Gasteiger partial charge in [-0.1, -0.05) is 0 Å². The summed E-state index contributed by atoms with van der Waals surface area (Å²) in [6, 6.07) is 1.66. The van der Waals surface area contributed by atoms with Crippen molar-refractivity contribution >= 4 is 24.1 Å². The van der Waals surface area contributed by atoms with Gasteiger partial charge < -0.3 is 21.1 Å². The van der Waals surface area contributed by atoms with E-state index in [1.807, 2.05) is 0 Å². The zero-order valence-corrected chi connectivity index (χ0v) is 12.1. The number of hydrogen-bond donors (Lipinski definition) is 3. The fourth-order valence-electron chi connectivity index (χ4n) is 2.58. The summed E-state index contributed by atoms with van der Waals surface area (Å²) in [4.78, 5) is 15.6. The molecule has 2 fully saturated rings. The second-order valence-corrected chi connectivity index (χ2v) is 5.29. The van der Waals surface area contributed by atoms with E-state index in [0.29, 0.717) is 17.1 Å². The van der Waals surface area contributed by atoms with Gasteiger partial charge in [0, 0.05) is 31.7 Å². The summed E-state index contributed by atoms with van der Waals surface area (Å²) in [5.74, 6) is 0.638. The number of carbonyl (C=O) groups excluding carboxylic acids is 1. The molecule has 2 heterocycles. The minimum atomic E-state index is -0.192. The standard InChI is InChI=1S/C13H18N4O2.ClH/c1-15-12(18)8-4-9(11(14)17-5-8)19-10-6-16-7-13(10)2-3-13;/h4-5,10,16H,2-3,6-7H2,1H3,(H2,14,17)(H,15,18);1H. The van der Waals surface area contributed by atoms with E-state index in [1.54, 1.807) is 13.1 Å². The molecule has 2 aliphatic rings. The van der Waals surface area contributed by atoms with Gasteiger partial charge in [-0.25, -0.2) is 4.98 Å². The van der Waals surface area contributed by atoms with Gasteiger partial charge in [-0.2, -0.15) is 0 Å². The smallest absolute Gasteiger partial charge is 0.252 e. The predicted octanol–water partition coefficient (Wildman–Crippen LogP) is 0.576. The Labute approximate surface area is 123 Å². The van der Waals surface area contributed by atoms with Crippen LogP contribution in [0, 0.1) is 5.41 Å². The summed E-state index contributed by atoms with van der Waals surface area (Å²) < 4.78 is 5.99. The Balaban J connectivity index is 0.00000147. The maximum atomic E-state index is 11.6. The number of nitrogens with one attached hydrogen (secondary N) is 2. The molecular weight excluding hydrogens is 280 g/mol. The van der Waals surface area contributed by atoms with Gasteiger partial charge in [-0.05, 0) is 18.9 Å². The quantitative estimate of drug-likeness (QED) is 0.759. The topological polar surface area (TPSA) is 89.3 Å². The van der Waals surface area contributed by atoms with Crippen LogP contribution >= 0.6 is 12.4 Å². The second-order valence-electron chi connectivity index (χ2n) is 5.29. The normalized spacial score (nSPS) is 22.1. The first-order valence-corrected chi connectivity index (χ1v) is 6.50. The molecule has 1 aliphatic heterocycles. The van der Waals surface area contributed by atoms with Crippen LogP contribution in [0.1, 0.15) is 23.2 Å². The first-order valence-electron chi connectivity index (χ1n) is 6.50. The van der Waals surface area contributed by atoms with Crippen LogP contribution in [0.3, 0.4) is 0 Å². The molecule has 110 valence electrons. The number of nitrogens with zero attached hydrogens (tertiary/aromatic N) is 1. The van der Waals surface area contributed by atoms with Crippen molar-refractivity contribution in [3.05, 3.63) is 17.8 Å². The van der Waals surface area contributed by atoms with Crippen LogP contribution in [0.25, 0.3) is 0 Å². The average Bonchev–Trinajstić information content (AvgIpc) is 3.09. The molecule has 1 unspecified atom stereocenters. The molecule has 0 bridgehead atoms. The molecule has 1 aliphatic carbocycles. The Morgan fingerprint density at radius 1 is 1.60 bits per heavy atom. The summed E-state index contributed by atoms with van der Waals surface area (Å²) in [7, 11) is 1.58. The zero-order valence-electron chi connectivity index (χ0n) is 11.3. The van der Waals surface area contributed by atoms with Crippen molar-refractivity contribution < 1.29 is 9.53 Å². The highest BCUT2D eigenvalue weighted by atomic mass is 35.5. The van der Waals surface area contributed by atoms with Crippen LogP contribution in [-0.2, 0) is 0 Å². The van der Waals surface area contributed by atoms with E-state index < -0.39 is 0 Å². The van der Waals surface area contributed by atoms with E-state index in [2.05, 4.69) is 15.6 Å². The Morgan fingerprint density at radius 2 is 2.35 bits per heavy atom. The maximum Gasteiger partial charge on any atom is 0.252 e. The summed E-state index contributed by atoms with van der Waals surface area (Å²) in [6.45, 7) is 1.82. The molecule has 0 aromatic carbocycles. The van der Waals surface area contributed by atoms with Crippen molar-refractivity contribution in [1.82, 2.24) is 15.6 Å². The van der Waals surface area contributed by atoms with E-state index in [1.165, 1.54) is 19.0 Å².